The largest absolute Gasteiger partial charge is 0.497 e. The van der Waals surface area contributed by atoms with Gasteiger partial charge in [0.05, 0.1) is 12.9 Å². The summed E-state index contributed by atoms with van der Waals surface area (Å²) in [5, 5.41) is 7.13. The fourth-order valence-corrected chi connectivity index (χ4v) is 4.45. The number of unbranched alkanes of at least 4 members (excludes halogenated alkanes) is 1. The van der Waals surface area contributed by atoms with Crippen LogP contribution in [-0.4, -0.2) is 38.0 Å². The van der Waals surface area contributed by atoms with E-state index < -0.39 is 0 Å². The van der Waals surface area contributed by atoms with Crippen LogP contribution in [0.2, 0.25) is 0 Å². The van der Waals surface area contributed by atoms with Gasteiger partial charge in [-0.3, -0.25) is 9.36 Å². The number of thioether (sulfide) groups is 1. The molecule has 0 aliphatic carbocycles. The summed E-state index contributed by atoms with van der Waals surface area (Å²) in [5.41, 5.74) is 3.78. The summed E-state index contributed by atoms with van der Waals surface area (Å²) in [7, 11) is 1.66. The molecule has 0 fully saturated rings. The summed E-state index contributed by atoms with van der Waals surface area (Å²) < 4.78 is 9.01. The lowest BCUT2D eigenvalue weighted by molar-refractivity contribution is 0.102. The van der Waals surface area contributed by atoms with Crippen LogP contribution in [0.3, 0.4) is 0 Å². The summed E-state index contributed by atoms with van der Waals surface area (Å²) >= 11 is 1.31. The van der Waals surface area contributed by atoms with Crippen molar-refractivity contribution >= 4 is 17.5 Å². The number of carbonyl (C=O) groups is 1. The molecule has 0 unspecified atom stereocenters. The van der Waals surface area contributed by atoms with Crippen molar-refractivity contribution < 1.29 is 9.53 Å². The average molecular weight is 443 g/mol. The van der Waals surface area contributed by atoms with Crippen LogP contribution in [-0.2, 0) is 19.5 Å². The number of aryl methyl sites for hydroxylation is 2. The molecule has 0 saturated carbocycles. The topological polar surface area (TPSA) is 81.9 Å². The average Bonchev–Trinajstić information content (AvgIpc) is 3.27. The molecule has 0 radical (unpaired) electrons. The van der Waals surface area contributed by atoms with Gasteiger partial charge in [-0.2, -0.15) is 0 Å². The fraction of sp³-hybridized carbons (Fsp3) is 0.435. The number of ether oxygens (including phenoxy) is 1. The number of nitrogens with zero attached hydrogens (tertiary/aromatic N) is 3. The van der Waals surface area contributed by atoms with Crippen molar-refractivity contribution in [2.45, 2.75) is 58.3 Å². The lowest BCUT2D eigenvalue weighted by atomic mass is 10.1. The van der Waals surface area contributed by atoms with Crippen molar-refractivity contribution in [1.29, 1.82) is 0 Å². The van der Waals surface area contributed by atoms with Crippen LogP contribution in [0.15, 0.2) is 40.3 Å². The van der Waals surface area contributed by atoms with Crippen LogP contribution in [0.25, 0.3) is 0 Å². The van der Waals surface area contributed by atoms with E-state index >= 15 is 0 Å². The molecule has 7 nitrogen and oxygen atoms in total. The van der Waals surface area contributed by atoms with Crippen molar-refractivity contribution in [3.8, 4) is 5.75 Å². The molecule has 0 amide bonds. The minimum absolute atomic E-state index is 0.0475. The van der Waals surface area contributed by atoms with Gasteiger partial charge in [-0.1, -0.05) is 37.2 Å². The van der Waals surface area contributed by atoms with Crippen molar-refractivity contribution in [1.82, 2.24) is 19.3 Å². The van der Waals surface area contributed by atoms with Crippen molar-refractivity contribution in [3.63, 3.8) is 0 Å². The quantitative estimate of drug-likeness (QED) is 0.358. The molecule has 0 aliphatic heterocycles. The number of carbonyl (C=O) groups excluding carboxylic acids is 1. The lowest BCUT2D eigenvalue weighted by Gasteiger charge is -2.10. The van der Waals surface area contributed by atoms with Gasteiger partial charge >= 0.3 is 5.69 Å². The van der Waals surface area contributed by atoms with Crippen LogP contribution in [0, 0.1) is 13.8 Å². The molecule has 1 aromatic carbocycles. The highest BCUT2D eigenvalue weighted by molar-refractivity contribution is 7.99. The highest BCUT2D eigenvalue weighted by Crippen LogP contribution is 2.21. The molecule has 1 N–H and O–H groups in total. The van der Waals surface area contributed by atoms with E-state index in [-0.39, 0.29) is 17.2 Å². The Labute approximate surface area is 186 Å². The van der Waals surface area contributed by atoms with Crippen LogP contribution < -0.4 is 10.4 Å². The van der Waals surface area contributed by atoms with E-state index in [1.54, 1.807) is 11.7 Å². The second-order valence-electron chi connectivity index (χ2n) is 7.56. The van der Waals surface area contributed by atoms with Gasteiger partial charge in [0.25, 0.3) is 0 Å². The molecule has 3 aromatic rings. The van der Waals surface area contributed by atoms with Gasteiger partial charge in [-0.25, -0.2) is 9.89 Å². The third kappa shape index (κ3) is 5.50. The molecule has 3 rings (SSSR count). The molecule has 2 heterocycles. The SMILES string of the molecule is CCCCn1c(SCC(=O)c2cc(C)n(CCc3ccc(OC)cc3)c2C)n[nH]c1=O. The maximum absolute atomic E-state index is 12.9. The molecule has 0 spiro atoms. The zero-order valence-corrected chi connectivity index (χ0v) is 19.4. The monoisotopic (exact) mass is 442 g/mol. The molecule has 31 heavy (non-hydrogen) atoms. The number of rotatable bonds is 11. The van der Waals surface area contributed by atoms with Crippen molar-refractivity contribution in [2.75, 3.05) is 12.9 Å². The molecule has 0 saturated heterocycles. The van der Waals surface area contributed by atoms with Gasteiger partial charge in [0.2, 0.25) is 0 Å². The molecule has 0 atom stereocenters. The first kappa shape index (κ1) is 22.9. The third-order valence-corrected chi connectivity index (χ3v) is 6.42. The maximum atomic E-state index is 12.9. The molecular formula is C23H30N4O3S. The Morgan fingerprint density at radius 1 is 1.16 bits per heavy atom. The maximum Gasteiger partial charge on any atom is 0.343 e. The minimum atomic E-state index is -0.222. The lowest BCUT2D eigenvalue weighted by Crippen LogP contribution is -2.18. The second kappa shape index (κ2) is 10.5. The van der Waals surface area contributed by atoms with Gasteiger partial charge in [0, 0.05) is 30.0 Å². The van der Waals surface area contributed by atoms with Gasteiger partial charge in [0.15, 0.2) is 10.9 Å². The van der Waals surface area contributed by atoms with Gasteiger partial charge in [0.1, 0.15) is 5.75 Å². The number of nitrogens with one attached hydrogen (secondary N) is 1. The van der Waals surface area contributed by atoms with Crippen molar-refractivity contribution in [2.24, 2.45) is 0 Å². The Morgan fingerprint density at radius 3 is 2.58 bits per heavy atom. The number of aromatic nitrogens is 4. The standard InChI is InChI=1S/C23H30N4O3S/c1-5-6-12-27-22(29)24-25-23(27)31-15-21(28)20-14-16(2)26(17(20)3)13-11-18-7-9-19(30-4)10-8-18/h7-10,14H,5-6,11-13,15H2,1-4H3,(H,24,29). The molecule has 0 bridgehead atoms. The number of Topliss-reactive ketones (excluding diaryl/α,β-unsaturated/α-hetero) is 1. The Bertz CT molecular complexity index is 1080. The van der Waals surface area contributed by atoms with Crippen molar-refractivity contribution in [3.05, 3.63) is 63.3 Å². The Morgan fingerprint density at radius 2 is 1.90 bits per heavy atom. The van der Waals surface area contributed by atoms with Crippen LogP contribution in [0.4, 0.5) is 0 Å². The summed E-state index contributed by atoms with van der Waals surface area (Å²) in [6.45, 7) is 7.51. The second-order valence-corrected chi connectivity index (χ2v) is 8.51. The van der Waals surface area contributed by atoms with E-state index in [1.807, 2.05) is 32.0 Å². The van der Waals surface area contributed by atoms with Gasteiger partial charge in [-0.05, 0) is 50.5 Å². The minimum Gasteiger partial charge on any atom is -0.497 e. The molecular weight excluding hydrogens is 412 g/mol. The van der Waals surface area contributed by atoms with E-state index in [2.05, 4.69) is 33.8 Å². The Kier molecular flexibility index (Phi) is 7.79. The smallest absolute Gasteiger partial charge is 0.343 e. The van der Waals surface area contributed by atoms with Crippen LogP contribution >= 0.6 is 11.8 Å². The summed E-state index contributed by atoms with van der Waals surface area (Å²) in [6, 6.07) is 10.0. The van der Waals surface area contributed by atoms with Gasteiger partial charge in [-0.15, -0.1) is 5.10 Å². The molecule has 166 valence electrons. The molecule has 8 heteroatoms. The number of hydrogen-bond acceptors (Lipinski definition) is 5. The first-order valence-electron chi connectivity index (χ1n) is 10.6. The predicted molar refractivity (Wildman–Crippen MR) is 123 cm³/mol. The zero-order valence-electron chi connectivity index (χ0n) is 18.6. The van der Waals surface area contributed by atoms with Crippen LogP contribution in [0.1, 0.15) is 47.1 Å². The predicted octanol–water partition coefficient (Wildman–Crippen LogP) is 4.02. The highest BCUT2D eigenvalue weighted by atomic mass is 32.2. The number of methoxy groups -OCH3 is 1. The van der Waals surface area contributed by atoms with E-state index in [0.717, 1.165) is 48.5 Å². The van der Waals surface area contributed by atoms with E-state index in [1.165, 1.54) is 17.3 Å². The summed E-state index contributed by atoms with van der Waals surface area (Å²) in [5.74, 6) is 1.14. The molecule has 0 aliphatic rings. The van der Waals surface area contributed by atoms with E-state index in [0.29, 0.717) is 11.7 Å². The first-order valence-corrected chi connectivity index (χ1v) is 11.5. The Balaban J connectivity index is 1.65. The van der Waals surface area contributed by atoms with Crippen LogP contribution in [0.5, 0.6) is 5.75 Å². The van der Waals surface area contributed by atoms with Gasteiger partial charge < -0.3 is 9.30 Å². The van der Waals surface area contributed by atoms with E-state index in [9.17, 15) is 9.59 Å². The number of ketones is 1. The van der Waals surface area contributed by atoms with E-state index in [4.69, 9.17) is 4.74 Å². The highest BCUT2D eigenvalue weighted by Gasteiger charge is 2.18. The normalized spacial score (nSPS) is 11.1. The number of hydrogen-bond donors (Lipinski definition) is 1. The first-order chi connectivity index (χ1) is 14.9. The summed E-state index contributed by atoms with van der Waals surface area (Å²) in [4.78, 5) is 24.8. The third-order valence-electron chi connectivity index (χ3n) is 5.45. The fourth-order valence-electron chi connectivity index (χ4n) is 3.60. The Hall–Kier alpha value is -2.74. The number of aromatic amines is 1. The number of H-pyrrole nitrogens is 1. The number of benzene rings is 1. The molecule has 2 aromatic heterocycles. The zero-order chi connectivity index (χ0) is 22.4. The summed E-state index contributed by atoms with van der Waals surface area (Å²) in [6.07, 6.45) is 2.76.